The third kappa shape index (κ3) is 5.12. The highest BCUT2D eigenvalue weighted by Crippen LogP contribution is 2.22. The molecule has 0 bridgehead atoms. The van der Waals surface area contributed by atoms with Crippen LogP contribution in [0.2, 0.25) is 0 Å². The number of nitrogens with zero attached hydrogens (tertiary/aromatic N) is 4. The first-order valence-corrected chi connectivity index (χ1v) is 12.0. The summed E-state index contributed by atoms with van der Waals surface area (Å²) < 4.78 is 3.51. The second kappa shape index (κ2) is 10.1. The molecule has 2 N–H and O–H groups in total. The smallest absolute Gasteiger partial charge is 0.262 e. The number of hydrogen-bond donors (Lipinski definition) is 2. The van der Waals surface area contributed by atoms with Gasteiger partial charge in [-0.05, 0) is 48.7 Å². The monoisotopic (exact) mass is 478 g/mol. The van der Waals surface area contributed by atoms with Gasteiger partial charge < -0.3 is 10.6 Å². The Morgan fingerprint density at radius 3 is 2.35 bits per heavy atom. The first-order valence-electron chi connectivity index (χ1n) is 11.0. The van der Waals surface area contributed by atoms with Gasteiger partial charge in [0.2, 0.25) is 17.6 Å². The Labute approximate surface area is 200 Å². The van der Waals surface area contributed by atoms with Crippen LogP contribution >= 0.6 is 11.8 Å². The van der Waals surface area contributed by atoms with Crippen molar-refractivity contribution in [2.24, 2.45) is 5.92 Å². The van der Waals surface area contributed by atoms with Crippen molar-refractivity contribution in [3.63, 3.8) is 0 Å². The van der Waals surface area contributed by atoms with Crippen LogP contribution in [0.5, 0.6) is 0 Å². The largest absolute Gasteiger partial charge is 0.326 e. The Morgan fingerprint density at radius 1 is 1.00 bits per heavy atom. The van der Waals surface area contributed by atoms with Gasteiger partial charge in [0, 0.05) is 24.8 Å². The Balaban J connectivity index is 1.56. The highest BCUT2D eigenvalue weighted by atomic mass is 32.2. The van der Waals surface area contributed by atoms with E-state index < -0.39 is 0 Å². The second-order valence-electron chi connectivity index (χ2n) is 8.37. The van der Waals surface area contributed by atoms with Crippen LogP contribution in [0.4, 0.5) is 11.4 Å². The van der Waals surface area contributed by atoms with E-state index in [0.717, 1.165) is 6.42 Å². The summed E-state index contributed by atoms with van der Waals surface area (Å²) >= 11 is 1.25. The molecule has 0 aliphatic heterocycles. The number of fused-ring (bicyclic) bond motifs is 3. The zero-order chi connectivity index (χ0) is 24.2. The van der Waals surface area contributed by atoms with Gasteiger partial charge in [-0.1, -0.05) is 37.7 Å². The molecule has 176 valence electrons. The average molecular weight is 479 g/mol. The third-order valence-electron chi connectivity index (χ3n) is 5.23. The molecule has 0 spiro atoms. The Hall–Kier alpha value is -3.66. The quantitative estimate of drug-likeness (QED) is 0.373. The number of anilines is 2. The second-order valence-corrected chi connectivity index (χ2v) is 9.31. The van der Waals surface area contributed by atoms with Crippen molar-refractivity contribution in [2.75, 3.05) is 16.4 Å². The molecule has 2 aromatic carbocycles. The normalized spacial score (nSPS) is 11.3. The van der Waals surface area contributed by atoms with Gasteiger partial charge in [0.15, 0.2) is 5.16 Å². The highest BCUT2D eigenvalue weighted by Gasteiger charge is 2.17. The van der Waals surface area contributed by atoms with Crippen LogP contribution in [0.15, 0.2) is 58.5 Å². The van der Waals surface area contributed by atoms with E-state index >= 15 is 0 Å². The number of benzene rings is 2. The molecular weight excluding hydrogens is 452 g/mol. The number of rotatable bonds is 8. The third-order valence-corrected chi connectivity index (χ3v) is 6.16. The first-order chi connectivity index (χ1) is 16.3. The molecule has 0 unspecified atom stereocenters. The van der Waals surface area contributed by atoms with Crippen molar-refractivity contribution in [1.82, 2.24) is 19.2 Å². The summed E-state index contributed by atoms with van der Waals surface area (Å²) in [5, 5.41) is 15.2. The maximum absolute atomic E-state index is 13.1. The maximum atomic E-state index is 13.1. The molecular formula is C24H26N6O3S. The molecule has 2 amide bonds. The van der Waals surface area contributed by atoms with Crippen molar-refractivity contribution < 1.29 is 9.59 Å². The molecule has 9 nitrogen and oxygen atoms in total. The summed E-state index contributed by atoms with van der Waals surface area (Å²) in [5.74, 6) is 0.669. The molecule has 0 atom stereocenters. The average Bonchev–Trinajstić information content (AvgIpc) is 3.22. The summed E-state index contributed by atoms with van der Waals surface area (Å²) in [6.07, 6.45) is 0.840. The number of carbonyl (C=O) groups excluding carboxylic acids is 2. The van der Waals surface area contributed by atoms with Gasteiger partial charge in [0.25, 0.3) is 5.56 Å². The summed E-state index contributed by atoms with van der Waals surface area (Å²) in [6.45, 7) is 6.21. The summed E-state index contributed by atoms with van der Waals surface area (Å²) in [5.41, 5.74) is 1.90. The number of amides is 2. The van der Waals surface area contributed by atoms with Crippen LogP contribution in [0.1, 0.15) is 27.2 Å². The van der Waals surface area contributed by atoms with E-state index in [1.54, 1.807) is 34.9 Å². The van der Waals surface area contributed by atoms with E-state index in [-0.39, 0.29) is 23.1 Å². The fourth-order valence-corrected chi connectivity index (χ4v) is 4.32. The molecule has 0 aliphatic rings. The van der Waals surface area contributed by atoms with Gasteiger partial charge in [0.1, 0.15) is 0 Å². The minimum atomic E-state index is -0.202. The number of thioether (sulfide) groups is 1. The van der Waals surface area contributed by atoms with Gasteiger partial charge in [-0.15, -0.1) is 10.2 Å². The number of nitrogens with one attached hydrogen (secondary N) is 2. The van der Waals surface area contributed by atoms with E-state index in [2.05, 4.69) is 34.7 Å². The molecule has 0 radical (unpaired) electrons. The van der Waals surface area contributed by atoms with E-state index in [1.807, 2.05) is 22.6 Å². The number of carbonyl (C=O) groups is 2. The number of hydrogen-bond acceptors (Lipinski definition) is 6. The van der Waals surface area contributed by atoms with Crippen molar-refractivity contribution in [3.8, 4) is 0 Å². The van der Waals surface area contributed by atoms with Crippen LogP contribution < -0.4 is 16.2 Å². The Bertz CT molecular complexity index is 1410. The van der Waals surface area contributed by atoms with Crippen LogP contribution in [0.3, 0.4) is 0 Å². The fourth-order valence-electron chi connectivity index (χ4n) is 3.58. The summed E-state index contributed by atoms with van der Waals surface area (Å²) in [7, 11) is 0. The molecule has 2 aromatic heterocycles. The standard InChI is InChI=1S/C24H26N6O3S/c1-15(2)12-13-29-22(33)19-6-4-5-7-20(19)30-23(29)27-28-24(30)34-14-21(32)26-18-10-8-17(9-11-18)25-16(3)31/h4-11,15H,12-14H2,1-3H3,(H,25,31)(H,26,32). The van der Waals surface area contributed by atoms with Crippen LogP contribution in [-0.2, 0) is 16.1 Å². The molecule has 4 rings (SSSR count). The molecule has 0 aliphatic carbocycles. The number of para-hydroxylation sites is 1. The van der Waals surface area contributed by atoms with Gasteiger partial charge in [-0.25, -0.2) is 0 Å². The van der Waals surface area contributed by atoms with E-state index in [1.165, 1.54) is 18.7 Å². The Morgan fingerprint density at radius 2 is 1.68 bits per heavy atom. The fraction of sp³-hybridized carbons (Fsp3) is 0.292. The Kier molecular flexibility index (Phi) is 6.97. The van der Waals surface area contributed by atoms with Crippen LogP contribution in [-0.4, -0.2) is 36.7 Å². The van der Waals surface area contributed by atoms with Crippen molar-refractivity contribution >= 4 is 51.6 Å². The van der Waals surface area contributed by atoms with Crippen molar-refractivity contribution in [3.05, 3.63) is 58.9 Å². The predicted molar refractivity (Wildman–Crippen MR) is 134 cm³/mol. The van der Waals surface area contributed by atoms with Gasteiger partial charge in [0.05, 0.1) is 16.7 Å². The molecule has 2 heterocycles. The van der Waals surface area contributed by atoms with Crippen LogP contribution in [0, 0.1) is 5.92 Å². The molecule has 34 heavy (non-hydrogen) atoms. The summed E-state index contributed by atoms with van der Waals surface area (Å²) in [4.78, 5) is 36.8. The van der Waals surface area contributed by atoms with Gasteiger partial charge in [-0.2, -0.15) is 0 Å². The highest BCUT2D eigenvalue weighted by molar-refractivity contribution is 7.99. The SMILES string of the molecule is CC(=O)Nc1ccc(NC(=O)CSc2nnc3n(CCC(C)C)c(=O)c4ccccc4n23)cc1. The molecule has 10 heteroatoms. The van der Waals surface area contributed by atoms with Crippen molar-refractivity contribution in [1.29, 1.82) is 0 Å². The molecule has 0 saturated carbocycles. The molecule has 4 aromatic rings. The maximum Gasteiger partial charge on any atom is 0.262 e. The van der Waals surface area contributed by atoms with Crippen LogP contribution in [0.25, 0.3) is 16.7 Å². The van der Waals surface area contributed by atoms with Gasteiger partial charge in [-0.3, -0.25) is 23.4 Å². The van der Waals surface area contributed by atoms with E-state index in [9.17, 15) is 14.4 Å². The minimum absolute atomic E-state index is 0.0897. The topological polar surface area (TPSA) is 110 Å². The molecule has 0 saturated heterocycles. The lowest BCUT2D eigenvalue weighted by molar-refractivity contribution is -0.114. The minimum Gasteiger partial charge on any atom is -0.326 e. The first kappa shape index (κ1) is 23.5. The van der Waals surface area contributed by atoms with E-state index in [4.69, 9.17) is 0 Å². The lowest BCUT2D eigenvalue weighted by Crippen LogP contribution is -2.24. The lowest BCUT2D eigenvalue weighted by atomic mass is 10.1. The predicted octanol–water partition coefficient (Wildman–Crippen LogP) is 3.78. The summed E-state index contributed by atoms with van der Waals surface area (Å²) in [6, 6.07) is 14.3. The van der Waals surface area contributed by atoms with Gasteiger partial charge >= 0.3 is 0 Å². The zero-order valence-electron chi connectivity index (χ0n) is 19.2. The molecule has 0 fully saturated rings. The zero-order valence-corrected chi connectivity index (χ0v) is 20.1. The number of aromatic nitrogens is 4. The lowest BCUT2D eigenvalue weighted by Gasteiger charge is -2.12. The van der Waals surface area contributed by atoms with E-state index in [0.29, 0.717) is 45.7 Å². The number of aryl methyl sites for hydroxylation is 1. The van der Waals surface area contributed by atoms with Crippen molar-refractivity contribution in [2.45, 2.75) is 38.9 Å².